The number of nitrogens with one attached hydrogen (secondary N) is 1. The van der Waals surface area contributed by atoms with Crippen LogP contribution in [0.3, 0.4) is 0 Å². The second-order valence-electron chi connectivity index (χ2n) is 6.49. The summed E-state index contributed by atoms with van der Waals surface area (Å²) in [6.45, 7) is 13.7. The zero-order valence-electron chi connectivity index (χ0n) is 13.7. The molecular formula is C18H30N2. The Hall–Kier alpha value is -1.02. The molecule has 0 aliphatic carbocycles. The maximum Gasteiger partial charge on any atom is 0.0374 e. The molecule has 2 nitrogen and oxygen atoms in total. The molecule has 0 amide bonds. The Balaban J connectivity index is 2.11. The van der Waals surface area contributed by atoms with Crippen LogP contribution in [0.4, 0.5) is 5.69 Å². The topological polar surface area (TPSA) is 15.3 Å². The minimum atomic E-state index is 0.597. The van der Waals surface area contributed by atoms with Crippen LogP contribution >= 0.6 is 0 Å². The average molecular weight is 274 g/mol. The Morgan fingerprint density at radius 2 is 1.80 bits per heavy atom. The first kappa shape index (κ1) is 15.4. The van der Waals surface area contributed by atoms with Crippen LogP contribution in [-0.4, -0.2) is 25.2 Å². The maximum absolute atomic E-state index is 3.72. The first-order chi connectivity index (χ1) is 9.52. The summed E-state index contributed by atoms with van der Waals surface area (Å²) in [5, 5.41) is 3.72. The summed E-state index contributed by atoms with van der Waals surface area (Å²) in [7, 11) is 0. The summed E-state index contributed by atoms with van der Waals surface area (Å²) in [5.74, 6) is 0.691. The van der Waals surface area contributed by atoms with E-state index in [1.807, 2.05) is 0 Å². The predicted octanol–water partition coefficient (Wildman–Crippen LogP) is 3.91. The quantitative estimate of drug-likeness (QED) is 0.895. The second kappa shape index (κ2) is 6.62. The van der Waals surface area contributed by atoms with Crippen molar-refractivity contribution in [3.8, 4) is 0 Å². The van der Waals surface area contributed by atoms with Crippen molar-refractivity contribution in [1.29, 1.82) is 0 Å². The lowest BCUT2D eigenvalue weighted by atomic mass is 9.86. The summed E-state index contributed by atoms with van der Waals surface area (Å²) < 4.78 is 0. The highest BCUT2D eigenvalue weighted by Crippen LogP contribution is 2.30. The molecule has 20 heavy (non-hydrogen) atoms. The lowest BCUT2D eigenvalue weighted by molar-refractivity contribution is 0.271. The number of hydrogen-bond donors (Lipinski definition) is 1. The van der Waals surface area contributed by atoms with Gasteiger partial charge in [0.2, 0.25) is 0 Å². The van der Waals surface area contributed by atoms with E-state index >= 15 is 0 Å². The molecule has 3 unspecified atom stereocenters. The van der Waals surface area contributed by atoms with Gasteiger partial charge in [0.1, 0.15) is 0 Å². The third-order valence-electron chi connectivity index (χ3n) is 4.76. The van der Waals surface area contributed by atoms with E-state index in [1.54, 1.807) is 0 Å². The van der Waals surface area contributed by atoms with Crippen molar-refractivity contribution < 1.29 is 0 Å². The molecule has 112 valence electrons. The Bertz CT molecular complexity index is 421. The molecule has 0 aromatic heterocycles. The van der Waals surface area contributed by atoms with Crippen molar-refractivity contribution in [3.63, 3.8) is 0 Å². The number of hydrogen-bond acceptors (Lipinski definition) is 2. The molecule has 1 saturated heterocycles. The molecule has 1 aliphatic rings. The molecular weight excluding hydrogens is 244 g/mol. The van der Waals surface area contributed by atoms with Crippen molar-refractivity contribution in [2.75, 3.05) is 18.0 Å². The molecule has 1 aliphatic heterocycles. The number of piperidine rings is 1. The lowest BCUT2D eigenvalue weighted by Crippen LogP contribution is -2.53. The molecule has 0 bridgehead atoms. The Morgan fingerprint density at radius 3 is 2.40 bits per heavy atom. The largest absolute Gasteiger partial charge is 0.368 e. The fourth-order valence-corrected chi connectivity index (χ4v) is 3.46. The van der Waals surface area contributed by atoms with Crippen LogP contribution in [0, 0.1) is 19.8 Å². The van der Waals surface area contributed by atoms with E-state index in [0.29, 0.717) is 18.0 Å². The molecule has 0 saturated carbocycles. The van der Waals surface area contributed by atoms with Crippen LogP contribution in [0.15, 0.2) is 18.2 Å². The third kappa shape index (κ3) is 3.35. The summed E-state index contributed by atoms with van der Waals surface area (Å²) in [5.41, 5.74) is 4.13. The van der Waals surface area contributed by atoms with Gasteiger partial charge >= 0.3 is 0 Å². The monoisotopic (exact) mass is 274 g/mol. The average Bonchev–Trinajstić information content (AvgIpc) is 2.39. The van der Waals surface area contributed by atoms with Gasteiger partial charge in [-0.2, -0.15) is 0 Å². The van der Waals surface area contributed by atoms with Gasteiger partial charge in [0.05, 0.1) is 0 Å². The summed E-state index contributed by atoms with van der Waals surface area (Å²) in [6, 6.07) is 8.19. The van der Waals surface area contributed by atoms with E-state index in [9.17, 15) is 0 Å². The molecule has 1 aromatic rings. The zero-order valence-corrected chi connectivity index (χ0v) is 13.7. The molecule has 1 N–H and O–H groups in total. The van der Waals surface area contributed by atoms with E-state index in [1.165, 1.54) is 29.7 Å². The van der Waals surface area contributed by atoms with E-state index < -0.39 is 0 Å². The fourth-order valence-electron chi connectivity index (χ4n) is 3.46. The van der Waals surface area contributed by atoms with Gasteiger partial charge < -0.3 is 10.2 Å². The molecule has 2 heteroatoms. The summed E-state index contributed by atoms with van der Waals surface area (Å²) >= 11 is 0. The van der Waals surface area contributed by atoms with Crippen LogP contribution in [0.25, 0.3) is 0 Å². The van der Waals surface area contributed by atoms with Gasteiger partial charge in [-0.25, -0.2) is 0 Å². The molecule has 0 radical (unpaired) electrons. The number of benzene rings is 1. The van der Waals surface area contributed by atoms with Gasteiger partial charge in [-0.1, -0.05) is 19.9 Å². The highest BCUT2D eigenvalue weighted by atomic mass is 15.2. The van der Waals surface area contributed by atoms with Gasteiger partial charge in [-0.15, -0.1) is 0 Å². The molecule has 1 fully saturated rings. The minimum absolute atomic E-state index is 0.597. The molecule has 3 atom stereocenters. The van der Waals surface area contributed by atoms with E-state index in [0.717, 1.165) is 13.1 Å². The van der Waals surface area contributed by atoms with E-state index in [4.69, 9.17) is 0 Å². The van der Waals surface area contributed by atoms with Crippen molar-refractivity contribution in [1.82, 2.24) is 5.32 Å². The van der Waals surface area contributed by atoms with Gasteiger partial charge in [0.15, 0.2) is 0 Å². The lowest BCUT2D eigenvalue weighted by Gasteiger charge is -2.44. The normalized spacial score (nSPS) is 26.9. The smallest absolute Gasteiger partial charge is 0.0374 e. The third-order valence-corrected chi connectivity index (χ3v) is 4.76. The van der Waals surface area contributed by atoms with Gasteiger partial charge in [0.25, 0.3) is 0 Å². The van der Waals surface area contributed by atoms with Crippen LogP contribution in [0.1, 0.15) is 44.7 Å². The maximum atomic E-state index is 3.72. The van der Waals surface area contributed by atoms with Crippen molar-refractivity contribution >= 4 is 5.69 Å². The Labute approximate surface area is 124 Å². The van der Waals surface area contributed by atoms with Crippen LogP contribution in [0.5, 0.6) is 0 Å². The number of anilines is 1. The second-order valence-corrected chi connectivity index (χ2v) is 6.49. The first-order valence-electron chi connectivity index (χ1n) is 8.11. The van der Waals surface area contributed by atoms with Crippen molar-refractivity contribution in [2.45, 2.75) is 59.5 Å². The highest BCUT2D eigenvalue weighted by molar-refractivity contribution is 5.52. The number of aryl methyl sites for hydroxylation is 2. The molecule has 1 heterocycles. The summed E-state index contributed by atoms with van der Waals surface area (Å²) in [6.07, 6.45) is 2.47. The Kier molecular flexibility index (Phi) is 5.09. The van der Waals surface area contributed by atoms with Crippen LogP contribution in [-0.2, 0) is 0 Å². The first-order valence-corrected chi connectivity index (χ1v) is 8.11. The van der Waals surface area contributed by atoms with Crippen molar-refractivity contribution in [2.24, 2.45) is 5.92 Å². The van der Waals surface area contributed by atoms with E-state index in [-0.39, 0.29) is 0 Å². The standard InChI is InChI=1S/C18H30N2/c1-6-8-19-18-7-9-20(16(5)15(18)4)17-11-13(2)10-14(3)12-17/h10-12,15-16,18-19H,6-9H2,1-5H3. The van der Waals surface area contributed by atoms with Crippen molar-refractivity contribution in [3.05, 3.63) is 29.3 Å². The highest BCUT2D eigenvalue weighted by Gasteiger charge is 2.32. The summed E-state index contributed by atoms with van der Waals surface area (Å²) in [4.78, 5) is 2.59. The molecule has 0 spiro atoms. The molecule has 2 rings (SSSR count). The van der Waals surface area contributed by atoms with Gasteiger partial charge in [0, 0.05) is 24.3 Å². The SMILES string of the molecule is CCCNC1CCN(c2cc(C)cc(C)c2)C(C)C1C. The van der Waals surface area contributed by atoms with E-state index in [2.05, 4.69) is 63.0 Å². The Morgan fingerprint density at radius 1 is 1.15 bits per heavy atom. The van der Waals surface area contributed by atoms with Gasteiger partial charge in [-0.05, 0) is 69.3 Å². The minimum Gasteiger partial charge on any atom is -0.368 e. The van der Waals surface area contributed by atoms with Crippen LogP contribution < -0.4 is 10.2 Å². The zero-order chi connectivity index (χ0) is 14.7. The fraction of sp³-hybridized carbons (Fsp3) is 0.667. The van der Waals surface area contributed by atoms with Crippen LogP contribution in [0.2, 0.25) is 0 Å². The predicted molar refractivity (Wildman–Crippen MR) is 88.6 cm³/mol. The molecule has 1 aromatic carbocycles. The van der Waals surface area contributed by atoms with Gasteiger partial charge in [-0.3, -0.25) is 0 Å². The number of nitrogens with zero attached hydrogens (tertiary/aromatic N) is 1. The number of rotatable bonds is 4.